The molecule has 0 aliphatic rings. The molecule has 1 aromatic heterocycles. The van der Waals surface area contributed by atoms with Crippen LogP contribution in [0.4, 0.5) is 0 Å². The average molecular weight is 220 g/mol. The van der Waals surface area contributed by atoms with Gasteiger partial charge < -0.3 is 5.11 Å². The molecule has 0 aliphatic carbocycles. The second-order valence-corrected chi connectivity index (χ2v) is 3.03. The van der Waals surface area contributed by atoms with E-state index in [0.717, 1.165) is 23.1 Å². The van der Waals surface area contributed by atoms with Crippen molar-refractivity contribution in [1.29, 1.82) is 0 Å². The van der Waals surface area contributed by atoms with Crippen LogP contribution in [0.25, 0.3) is 0 Å². The summed E-state index contributed by atoms with van der Waals surface area (Å²) < 4.78 is 2.48. The molecule has 62 valence electrons. The van der Waals surface area contributed by atoms with E-state index >= 15 is 0 Å². The van der Waals surface area contributed by atoms with E-state index in [1.165, 1.54) is 0 Å². The molecule has 5 heteroatoms. The molecule has 1 N–H and O–H groups in total. The summed E-state index contributed by atoms with van der Waals surface area (Å²) in [7, 11) is 1.84. The van der Waals surface area contributed by atoms with E-state index < -0.39 is 0 Å². The number of hydrogen-bond donors (Lipinski definition) is 1. The van der Waals surface area contributed by atoms with Gasteiger partial charge in [0.1, 0.15) is 0 Å². The third-order valence-corrected chi connectivity index (χ3v) is 2.08. The molecule has 0 fully saturated rings. The first-order valence-corrected chi connectivity index (χ1v) is 4.20. The lowest BCUT2D eigenvalue weighted by molar-refractivity contribution is 0.287. The van der Waals surface area contributed by atoms with Crippen molar-refractivity contribution in [2.75, 3.05) is 6.61 Å². The summed E-state index contributed by atoms with van der Waals surface area (Å²) >= 11 is 3.27. The standard InChI is InChI=1S/C6H10BrN3O/c1-10-5(3-2-4-11)6(7)8-9-10/h11H,2-4H2,1H3. The van der Waals surface area contributed by atoms with Gasteiger partial charge in [-0.05, 0) is 28.8 Å². The zero-order valence-corrected chi connectivity index (χ0v) is 7.87. The Morgan fingerprint density at radius 3 is 2.82 bits per heavy atom. The molecule has 0 amide bonds. The quantitative estimate of drug-likeness (QED) is 0.806. The van der Waals surface area contributed by atoms with Crippen LogP contribution in [0.2, 0.25) is 0 Å². The van der Waals surface area contributed by atoms with Gasteiger partial charge >= 0.3 is 0 Å². The van der Waals surface area contributed by atoms with E-state index in [1.54, 1.807) is 4.68 Å². The van der Waals surface area contributed by atoms with Gasteiger partial charge in [-0.15, -0.1) is 5.10 Å². The number of halogens is 1. The summed E-state index contributed by atoms with van der Waals surface area (Å²) in [6, 6.07) is 0. The van der Waals surface area contributed by atoms with E-state index in [4.69, 9.17) is 5.11 Å². The second-order valence-electron chi connectivity index (χ2n) is 2.28. The Morgan fingerprint density at radius 1 is 1.64 bits per heavy atom. The topological polar surface area (TPSA) is 50.9 Å². The highest BCUT2D eigenvalue weighted by molar-refractivity contribution is 9.10. The molecular formula is C6H10BrN3O. The van der Waals surface area contributed by atoms with Crippen LogP contribution in [0.1, 0.15) is 12.1 Å². The minimum atomic E-state index is 0.206. The Balaban J connectivity index is 2.67. The van der Waals surface area contributed by atoms with Crippen molar-refractivity contribution in [2.45, 2.75) is 12.8 Å². The zero-order valence-electron chi connectivity index (χ0n) is 6.29. The van der Waals surface area contributed by atoms with Crippen molar-refractivity contribution in [1.82, 2.24) is 15.0 Å². The third-order valence-electron chi connectivity index (χ3n) is 1.47. The van der Waals surface area contributed by atoms with Crippen LogP contribution in [0.3, 0.4) is 0 Å². The van der Waals surface area contributed by atoms with Gasteiger partial charge in [0.25, 0.3) is 0 Å². The molecule has 11 heavy (non-hydrogen) atoms. The molecule has 0 spiro atoms. The minimum Gasteiger partial charge on any atom is -0.396 e. The highest BCUT2D eigenvalue weighted by Crippen LogP contribution is 2.12. The number of hydrogen-bond acceptors (Lipinski definition) is 3. The Bertz CT molecular complexity index is 216. The highest BCUT2D eigenvalue weighted by Gasteiger charge is 2.05. The Kier molecular flexibility index (Phi) is 3.02. The summed E-state index contributed by atoms with van der Waals surface area (Å²) in [6.45, 7) is 0.206. The lowest BCUT2D eigenvalue weighted by Gasteiger charge is -1.97. The average Bonchev–Trinajstić information content (AvgIpc) is 2.29. The van der Waals surface area contributed by atoms with Crippen molar-refractivity contribution < 1.29 is 5.11 Å². The predicted octanol–water partition coefficient (Wildman–Crippen LogP) is 0.502. The first kappa shape index (κ1) is 8.67. The number of nitrogens with zero attached hydrogens (tertiary/aromatic N) is 3. The lowest BCUT2D eigenvalue weighted by Crippen LogP contribution is -1.99. The molecule has 0 aromatic carbocycles. The number of rotatable bonds is 3. The van der Waals surface area contributed by atoms with Gasteiger partial charge in [-0.3, -0.25) is 4.68 Å². The molecule has 0 unspecified atom stereocenters. The molecule has 0 atom stereocenters. The number of aliphatic hydroxyl groups excluding tert-OH is 1. The SMILES string of the molecule is Cn1nnc(Br)c1CCCO. The lowest BCUT2D eigenvalue weighted by atomic mass is 10.2. The van der Waals surface area contributed by atoms with Crippen LogP contribution in [-0.4, -0.2) is 26.7 Å². The largest absolute Gasteiger partial charge is 0.396 e. The van der Waals surface area contributed by atoms with Gasteiger partial charge in [-0.1, -0.05) is 5.21 Å². The van der Waals surface area contributed by atoms with Gasteiger partial charge in [-0.25, -0.2) is 0 Å². The maximum atomic E-state index is 8.58. The van der Waals surface area contributed by atoms with Crippen LogP contribution >= 0.6 is 15.9 Å². The van der Waals surface area contributed by atoms with E-state index in [1.807, 2.05) is 7.05 Å². The molecule has 1 aromatic rings. The Labute approximate surface area is 73.3 Å². The summed E-state index contributed by atoms with van der Waals surface area (Å²) in [5.41, 5.74) is 1.03. The van der Waals surface area contributed by atoms with Crippen LogP contribution < -0.4 is 0 Å². The monoisotopic (exact) mass is 219 g/mol. The van der Waals surface area contributed by atoms with Gasteiger partial charge in [-0.2, -0.15) is 0 Å². The normalized spacial score (nSPS) is 10.5. The molecule has 4 nitrogen and oxygen atoms in total. The van der Waals surface area contributed by atoms with Crippen LogP contribution in [0.5, 0.6) is 0 Å². The molecule has 0 radical (unpaired) electrons. The molecule has 0 saturated heterocycles. The van der Waals surface area contributed by atoms with Gasteiger partial charge in [0.2, 0.25) is 0 Å². The van der Waals surface area contributed by atoms with Crippen molar-refractivity contribution in [3.05, 3.63) is 10.3 Å². The Hall–Kier alpha value is -0.420. The fourth-order valence-electron chi connectivity index (χ4n) is 0.863. The smallest absolute Gasteiger partial charge is 0.151 e. The van der Waals surface area contributed by atoms with Crippen molar-refractivity contribution in [2.24, 2.45) is 7.05 Å². The summed E-state index contributed by atoms with van der Waals surface area (Å²) in [5.74, 6) is 0. The van der Waals surface area contributed by atoms with Gasteiger partial charge in [0, 0.05) is 13.7 Å². The van der Waals surface area contributed by atoms with Crippen LogP contribution in [-0.2, 0) is 13.5 Å². The molecule has 1 heterocycles. The van der Waals surface area contributed by atoms with Crippen LogP contribution in [0, 0.1) is 0 Å². The van der Waals surface area contributed by atoms with Crippen molar-refractivity contribution in [3.8, 4) is 0 Å². The first-order valence-electron chi connectivity index (χ1n) is 3.40. The Morgan fingerprint density at radius 2 is 2.36 bits per heavy atom. The zero-order chi connectivity index (χ0) is 8.27. The summed E-state index contributed by atoms with van der Waals surface area (Å²) in [5, 5.41) is 16.2. The van der Waals surface area contributed by atoms with E-state index in [9.17, 15) is 0 Å². The highest BCUT2D eigenvalue weighted by atomic mass is 79.9. The fourth-order valence-corrected chi connectivity index (χ4v) is 1.39. The summed E-state index contributed by atoms with van der Waals surface area (Å²) in [6.07, 6.45) is 1.56. The van der Waals surface area contributed by atoms with Crippen molar-refractivity contribution >= 4 is 15.9 Å². The molecular weight excluding hydrogens is 210 g/mol. The number of aryl methyl sites for hydroxylation is 1. The maximum absolute atomic E-state index is 8.58. The fraction of sp³-hybridized carbons (Fsp3) is 0.667. The van der Waals surface area contributed by atoms with Crippen molar-refractivity contribution in [3.63, 3.8) is 0 Å². The minimum absolute atomic E-state index is 0.206. The van der Waals surface area contributed by atoms with E-state index in [-0.39, 0.29) is 6.61 Å². The van der Waals surface area contributed by atoms with Crippen LogP contribution in [0.15, 0.2) is 4.60 Å². The maximum Gasteiger partial charge on any atom is 0.151 e. The molecule has 1 rings (SSSR count). The van der Waals surface area contributed by atoms with Gasteiger partial charge in [0.15, 0.2) is 4.60 Å². The van der Waals surface area contributed by atoms with E-state index in [2.05, 4.69) is 26.2 Å². The number of aromatic nitrogens is 3. The molecule has 0 aliphatic heterocycles. The van der Waals surface area contributed by atoms with Gasteiger partial charge in [0.05, 0.1) is 5.69 Å². The molecule has 0 bridgehead atoms. The predicted molar refractivity (Wildman–Crippen MR) is 44.1 cm³/mol. The van der Waals surface area contributed by atoms with E-state index in [0.29, 0.717) is 0 Å². The second kappa shape index (κ2) is 3.82. The number of aliphatic hydroxyl groups is 1. The summed E-state index contributed by atoms with van der Waals surface area (Å²) in [4.78, 5) is 0. The third kappa shape index (κ3) is 2.00. The first-order chi connectivity index (χ1) is 5.25. The molecule has 0 saturated carbocycles.